The molecule has 1 aliphatic carbocycles. The van der Waals surface area contributed by atoms with Crippen molar-refractivity contribution in [2.24, 2.45) is 5.41 Å². The third-order valence-electron chi connectivity index (χ3n) is 4.79. The van der Waals surface area contributed by atoms with Crippen molar-refractivity contribution in [3.8, 4) is 6.07 Å². The molecule has 4 nitrogen and oxygen atoms in total. The fraction of sp³-hybridized carbons (Fsp3) is 0.647. The zero-order valence-corrected chi connectivity index (χ0v) is 13.8. The summed E-state index contributed by atoms with van der Waals surface area (Å²) in [6.45, 7) is 3.14. The highest BCUT2D eigenvalue weighted by Gasteiger charge is 2.44. The first-order chi connectivity index (χ1) is 10.6. The van der Waals surface area contributed by atoms with Gasteiger partial charge in [-0.1, -0.05) is 19.3 Å². The van der Waals surface area contributed by atoms with Gasteiger partial charge in [0.15, 0.2) is 0 Å². The number of nitrogens with zero attached hydrogens (tertiary/aromatic N) is 2. The van der Waals surface area contributed by atoms with Gasteiger partial charge in [-0.05, 0) is 42.2 Å². The first-order valence-electron chi connectivity index (χ1n) is 8.03. The zero-order valence-electron chi connectivity index (χ0n) is 13.0. The molecule has 0 radical (unpaired) electrons. The Balaban J connectivity index is 1.78. The van der Waals surface area contributed by atoms with Crippen molar-refractivity contribution in [3.05, 3.63) is 22.4 Å². The Morgan fingerprint density at radius 2 is 2.18 bits per heavy atom. The average molecular weight is 318 g/mol. The molecule has 1 amide bonds. The van der Waals surface area contributed by atoms with Crippen molar-refractivity contribution in [2.45, 2.75) is 51.2 Å². The summed E-state index contributed by atoms with van der Waals surface area (Å²) in [5, 5.41) is 13.7. The lowest BCUT2D eigenvalue weighted by atomic mass is 9.74. The Hall–Kier alpha value is -1.38. The van der Waals surface area contributed by atoms with Crippen LogP contribution in [-0.2, 0) is 9.53 Å². The second-order valence-corrected chi connectivity index (χ2v) is 7.24. The van der Waals surface area contributed by atoms with Crippen molar-refractivity contribution in [1.29, 1.82) is 5.26 Å². The molecule has 1 saturated carbocycles. The molecule has 2 aliphatic rings. The highest BCUT2D eigenvalue weighted by atomic mass is 32.1. The number of rotatable bonds is 2. The van der Waals surface area contributed by atoms with Gasteiger partial charge in [-0.15, -0.1) is 0 Å². The summed E-state index contributed by atoms with van der Waals surface area (Å²) in [7, 11) is 0. The highest BCUT2D eigenvalue weighted by molar-refractivity contribution is 7.07. The van der Waals surface area contributed by atoms with Crippen LogP contribution in [0.15, 0.2) is 16.8 Å². The predicted octanol–water partition coefficient (Wildman–Crippen LogP) is 3.51. The Morgan fingerprint density at radius 3 is 2.82 bits per heavy atom. The molecule has 5 heteroatoms. The molecule has 1 aromatic heterocycles. The molecule has 0 spiro atoms. The van der Waals surface area contributed by atoms with Crippen LogP contribution in [0.4, 0.5) is 0 Å². The minimum Gasteiger partial charge on any atom is -0.367 e. The molecule has 0 N–H and O–H groups in total. The van der Waals surface area contributed by atoms with Gasteiger partial charge in [0.05, 0.1) is 18.7 Å². The monoisotopic (exact) mass is 318 g/mol. The number of hydrogen-bond donors (Lipinski definition) is 0. The van der Waals surface area contributed by atoms with Crippen LogP contribution < -0.4 is 0 Å². The fourth-order valence-corrected chi connectivity index (χ4v) is 4.29. The molecule has 118 valence electrons. The van der Waals surface area contributed by atoms with Crippen LogP contribution >= 0.6 is 11.3 Å². The van der Waals surface area contributed by atoms with E-state index < -0.39 is 5.41 Å². The highest BCUT2D eigenvalue weighted by Crippen LogP contribution is 2.39. The maximum atomic E-state index is 13.0. The number of thiophene rings is 1. The van der Waals surface area contributed by atoms with Gasteiger partial charge in [0.25, 0.3) is 0 Å². The topological polar surface area (TPSA) is 53.3 Å². The van der Waals surface area contributed by atoms with Crippen molar-refractivity contribution < 1.29 is 9.53 Å². The molecule has 0 bridgehead atoms. The van der Waals surface area contributed by atoms with E-state index in [0.717, 1.165) is 24.8 Å². The molecule has 2 atom stereocenters. The molecular formula is C17H22N2O2S. The van der Waals surface area contributed by atoms with Crippen molar-refractivity contribution in [2.75, 3.05) is 13.1 Å². The SMILES string of the molecule is C[C@@H]1CN(C(=O)C2(C#N)CCCCC2)C[C@H](c2ccsc2)O1. The Morgan fingerprint density at radius 1 is 1.41 bits per heavy atom. The summed E-state index contributed by atoms with van der Waals surface area (Å²) in [5.74, 6) is 0.0186. The molecule has 3 rings (SSSR count). The standard InChI is InChI=1S/C17H22N2O2S/c1-13-9-19(10-15(21-13)14-5-8-22-11-14)16(20)17(12-18)6-3-2-4-7-17/h5,8,11,13,15H,2-4,6-7,9-10H2,1H3/t13-,15-/m1/s1. The number of carbonyl (C=O) groups excluding carboxylic acids is 1. The Labute approximate surface area is 135 Å². The van der Waals surface area contributed by atoms with Crippen LogP contribution in [0.25, 0.3) is 0 Å². The van der Waals surface area contributed by atoms with Gasteiger partial charge in [-0.2, -0.15) is 16.6 Å². The normalized spacial score (nSPS) is 28.1. The maximum Gasteiger partial charge on any atom is 0.243 e. The quantitative estimate of drug-likeness (QED) is 0.838. The predicted molar refractivity (Wildman–Crippen MR) is 85.3 cm³/mol. The third kappa shape index (κ3) is 2.90. The lowest BCUT2D eigenvalue weighted by Crippen LogP contribution is -2.51. The van der Waals surface area contributed by atoms with Gasteiger partial charge in [0.2, 0.25) is 5.91 Å². The molecular weight excluding hydrogens is 296 g/mol. The van der Waals surface area contributed by atoms with E-state index in [-0.39, 0.29) is 18.1 Å². The Kier molecular flexibility index (Phi) is 4.51. The summed E-state index contributed by atoms with van der Waals surface area (Å²) >= 11 is 1.64. The summed E-state index contributed by atoms with van der Waals surface area (Å²) in [6, 6.07) is 4.40. The van der Waals surface area contributed by atoms with Crippen molar-refractivity contribution >= 4 is 17.2 Å². The van der Waals surface area contributed by atoms with E-state index >= 15 is 0 Å². The molecule has 22 heavy (non-hydrogen) atoms. The number of ether oxygens (including phenoxy) is 1. The van der Waals surface area contributed by atoms with Crippen molar-refractivity contribution in [3.63, 3.8) is 0 Å². The third-order valence-corrected chi connectivity index (χ3v) is 5.49. The minimum absolute atomic E-state index is 0.00179. The number of morpholine rings is 1. The van der Waals surface area contributed by atoms with Crippen molar-refractivity contribution in [1.82, 2.24) is 4.90 Å². The van der Waals surface area contributed by atoms with E-state index in [9.17, 15) is 10.1 Å². The first-order valence-corrected chi connectivity index (χ1v) is 8.97. The number of hydrogen-bond acceptors (Lipinski definition) is 4. The fourth-order valence-electron chi connectivity index (χ4n) is 3.59. The molecule has 0 unspecified atom stereocenters. The first kappa shape index (κ1) is 15.5. The molecule has 1 aromatic rings. The number of amides is 1. The van der Waals surface area contributed by atoms with Gasteiger partial charge in [-0.25, -0.2) is 0 Å². The Bertz CT molecular complexity index is 558. The summed E-state index contributed by atoms with van der Waals surface area (Å²) in [4.78, 5) is 14.9. The largest absolute Gasteiger partial charge is 0.367 e. The lowest BCUT2D eigenvalue weighted by Gasteiger charge is -2.41. The van der Waals surface area contributed by atoms with E-state index in [1.165, 1.54) is 0 Å². The molecule has 2 fully saturated rings. The van der Waals surface area contributed by atoms with Crippen LogP contribution in [0.5, 0.6) is 0 Å². The van der Waals surface area contributed by atoms with Crippen LogP contribution in [0, 0.1) is 16.7 Å². The van der Waals surface area contributed by atoms with Gasteiger partial charge >= 0.3 is 0 Å². The zero-order chi connectivity index (χ0) is 15.6. The van der Waals surface area contributed by atoms with Gasteiger partial charge in [0, 0.05) is 6.54 Å². The summed E-state index contributed by atoms with van der Waals surface area (Å²) in [5.41, 5.74) is 0.332. The van der Waals surface area contributed by atoms with Gasteiger partial charge in [0.1, 0.15) is 11.5 Å². The van der Waals surface area contributed by atoms with Crippen LogP contribution in [0.2, 0.25) is 0 Å². The van der Waals surface area contributed by atoms with Crippen LogP contribution in [-0.4, -0.2) is 30.0 Å². The maximum absolute atomic E-state index is 13.0. The van der Waals surface area contributed by atoms with E-state index in [4.69, 9.17) is 4.74 Å². The van der Waals surface area contributed by atoms with E-state index in [1.54, 1.807) is 11.3 Å². The van der Waals surface area contributed by atoms with Gasteiger partial charge in [-0.3, -0.25) is 4.79 Å². The van der Waals surface area contributed by atoms with E-state index in [2.05, 4.69) is 17.5 Å². The van der Waals surface area contributed by atoms with Crippen LogP contribution in [0.1, 0.15) is 50.7 Å². The lowest BCUT2D eigenvalue weighted by molar-refractivity contribution is -0.153. The van der Waals surface area contributed by atoms with E-state index in [1.807, 2.05) is 17.2 Å². The second-order valence-electron chi connectivity index (χ2n) is 6.46. The van der Waals surface area contributed by atoms with Gasteiger partial charge < -0.3 is 9.64 Å². The summed E-state index contributed by atoms with van der Waals surface area (Å²) in [6.07, 6.45) is 4.43. The smallest absolute Gasteiger partial charge is 0.243 e. The molecule has 1 saturated heterocycles. The summed E-state index contributed by atoms with van der Waals surface area (Å²) < 4.78 is 5.99. The molecule has 0 aromatic carbocycles. The van der Waals surface area contributed by atoms with Crippen LogP contribution in [0.3, 0.4) is 0 Å². The number of nitriles is 1. The van der Waals surface area contributed by atoms with E-state index in [0.29, 0.717) is 25.9 Å². The number of carbonyl (C=O) groups is 1. The molecule has 2 heterocycles. The second kappa shape index (κ2) is 6.39. The molecule has 1 aliphatic heterocycles. The minimum atomic E-state index is -0.797. The average Bonchev–Trinajstić information content (AvgIpc) is 3.09.